The Kier molecular flexibility index (Phi) is 4.19. The zero-order chi connectivity index (χ0) is 18.4. The minimum atomic E-state index is -5.03. The van der Waals surface area contributed by atoms with E-state index in [0.29, 0.717) is 17.4 Å². The second-order valence-electron chi connectivity index (χ2n) is 6.02. The van der Waals surface area contributed by atoms with Crippen LogP contribution in [0.15, 0.2) is 36.4 Å². The molecule has 2 nitrogen and oxygen atoms in total. The zero-order valence-corrected chi connectivity index (χ0v) is 14.1. The lowest BCUT2D eigenvalue weighted by Gasteiger charge is -2.18. The van der Waals surface area contributed by atoms with Crippen molar-refractivity contribution in [2.45, 2.75) is 33.4 Å². The minimum Gasteiger partial charge on any atom is -0.419 e. The van der Waals surface area contributed by atoms with Crippen LogP contribution in [-0.4, -0.2) is 12.1 Å². The van der Waals surface area contributed by atoms with E-state index in [9.17, 15) is 18.0 Å². The highest BCUT2D eigenvalue weighted by molar-refractivity contribution is 6.13. The van der Waals surface area contributed by atoms with Crippen molar-refractivity contribution in [1.82, 2.24) is 0 Å². The Morgan fingerprint density at radius 2 is 1.64 bits per heavy atom. The molecule has 0 saturated heterocycles. The Morgan fingerprint density at radius 3 is 2.24 bits per heavy atom. The van der Waals surface area contributed by atoms with Crippen LogP contribution >= 0.6 is 0 Å². The molecule has 0 aliphatic rings. The van der Waals surface area contributed by atoms with Gasteiger partial charge in [-0.1, -0.05) is 43.3 Å². The average molecular weight is 346 g/mol. The molecule has 0 amide bonds. The number of carbonyl (C=O) groups is 1. The van der Waals surface area contributed by atoms with Crippen LogP contribution in [0.25, 0.3) is 21.5 Å². The molecular formula is C20H17F3O2. The molecule has 0 aliphatic carbocycles. The predicted molar refractivity (Wildman–Crippen MR) is 92.0 cm³/mol. The normalized spacial score (nSPS) is 11.9. The number of rotatable bonds is 2. The Labute approximate surface area is 143 Å². The van der Waals surface area contributed by atoms with Gasteiger partial charge in [0.1, 0.15) is 5.75 Å². The van der Waals surface area contributed by atoms with E-state index in [1.807, 2.05) is 44.2 Å². The summed E-state index contributed by atoms with van der Waals surface area (Å²) in [5.74, 6) is -2.21. The monoisotopic (exact) mass is 346 g/mol. The SMILES string of the molecule is CCc1c(C)c2ccccc2c2ccc(C)c(OC(=O)C(F)(F)F)c12. The van der Waals surface area contributed by atoms with Crippen molar-refractivity contribution in [3.8, 4) is 5.75 Å². The van der Waals surface area contributed by atoms with Gasteiger partial charge in [0.05, 0.1) is 0 Å². The maximum absolute atomic E-state index is 12.7. The molecule has 0 saturated carbocycles. The van der Waals surface area contributed by atoms with Gasteiger partial charge in [0.15, 0.2) is 0 Å². The van der Waals surface area contributed by atoms with E-state index in [1.54, 1.807) is 13.0 Å². The molecule has 3 aromatic rings. The van der Waals surface area contributed by atoms with Crippen LogP contribution in [0.3, 0.4) is 0 Å². The summed E-state index contributed by atoms with van der Waals surface area (Å²) in [5.41, 5.74) is 2.37. The molecule has 3 rings (SSSR count). The summed E-state index contributed by atoms with van der Waals surface area (Å²) < 4.78 is 42.9. The summed E-state index contributed by atoms with van der Waals surface area (Å²) in [6.45, 7) is 5.52. The quantitative estimate of drug-likeness (QED) is 0.341. The van der Waals surface area contributed by atoms with Gasteiger partial charge in [-0.05, 0) is 53.1 Å². The van der Waals surface area contributed by atoms with Crippen LogP contribution in [0, 0.1) is 13.8 Å². The fourth-order valence-electron chi connectivity index (χ4n) is 3.33. The third-order valence-electron chi connectivity index (χ3n) is 4.51. The first-order valence-electron chi connectivity index (χ1n) is 7.98. The first-order chi connectivity index (χ1) is 11.8. The summed E-state index contributed by atoms with van der Waals surface area (Å²) in [7, 11) is 0. The topological polar surface area (TPSA) is 26.3 Å². The number of hydrogen-bond donors (Lipinski definition) is 0. The van der Waals surface area contributed by atoms with Gasteiger partial charge in [0.2, 0.25) is 0 Å². The first kappa shape index (κ1) is 17.3. The van der Waals surface area contributed by atoms with Crippen molar-refractivity contribution < 1.29 is 22.7 Å². The Hall–Kier alpha value is -2.56. The lowest BCUT2D eigenvalue weighted by molar-refractivity contribution is -0.189. The molecule has 0 unspecified atom stereocenters. The molecule has 25 heavy (non-hydrogen) atoms. The third-order valence-corrected chi connectivity index (χ3v) is 4.51. The molecule has 3 aromatic carbocycles. The molecule has 0 atom stereocenters. The number of carbonyl (C=O) groups excluding carboxylic acids is 1. The van der Waals surface area contributed by atoms with Crippen molar-refractivity contribution >= 4 is 27.5 Å². The van der Waals surface area contributed by atoms with Gasteiger partial charge in [-0.15, -0.1) is 0 Å². The number of hydrogen-bond acceptors (Lipinski definition) is 2. The van der Waals surface area contributed by atoms with Crippen LogP contribution in [0.1, 0.15) is 23.6 Å². The van der Waals surface area contributed by atoms with Gasteiger partial charge in [-0.2, -0.15) is 13.2 Å². The molecule has 0 radical (unpaired) electrons. The number of halogens is 3. The summed E-state index contributed by atoms with van der Waals surface area (Å²) in [6.07, 6.45) is -4.42. The first-order valence-corrected chi connectivity index (χ1v) is 7.98. The van der Waals surface area contributed by atoms with Crippen molar-refractivity contribution in [1.29, 1.82) is 0 Å². The highest BCUT2D eigenvalue weighted by atomic mass is 19.4. The number of alkyl halides is 3. The van der Waals surface area contributed by atoms with E-state index in [1.165, 1.54) is 0 Å². The maximum atomic E-state index is 12.7. The second-order valence-corrected chi connectivity index (χ2v) is 6.02. The molecule has 5 heteroatoms. The maximum Gasteiger partial charge on any atom is 0.491 e. The van der Waals surface area contributed by atoms with Gasteiger partial charge >= 0.3 is 12.1 Å². The van der Waals surface area contributed by atoms with Crippen LogP contribution < -0.4 is 4.74 Å². The molecule has 0 bridgehead atoms. The van der Waals surface area contributed by atoms with Crippen molar-refractivity contribution in [3.63, 3.8) is 0 Å². The van der Waals surface area contributed by atoms with Crippen LogP contribution in [-0.2, 0) is 11.2 Å². The minimum absolute atomic E-state index is 0.00877. The molecule has 0 aliphatic heterocycles. The zero-order valence-electron chi connectivity index (χ0n) is 14.1. The van der Waals surface area contributed by atoms with Gasteiger partial charge in [0.25, 0.3) is 0 Å². The van der Waals surface area contributed by atoms with E-state index < -0.39 is 12.1 Å². The van der Waals surface area contributed by atoms with E-state index in [0.717, 1.165) is 27.3 Å². The van der Waals surface area contributed by atoms with Gasteiger partial charge in [-0.25, -0.2) is 4.79 Å². The molecule has 0 aromatic heterocycles. The molecule has 0 fully saturated rings. The Bertz CT molecular complexity index is 988. The molecule has 0 spiro atoms. The van der Waals surface area contributed by atoms with Crippen molar-refractivity contribution in [2.75, 3.05) is 0 Å². The highest BCUT2D eigenvalue weighted by Crippen LogP contribution is 2.40. The Morgan fingerprint density at radius 1 is 1.00 bits per heavy atom. The van der Waals surface area contributed by atoms with Gasteiger partial charge in [-0.3, -0.25) is 0 Å². The van der Waals surface area contributed by atoms with Crippen molar-refractivity contribution in [2.24, 2.45) is 0 Å². The van der Waals surface area contributed by atoms with Crippen LogP contribution in [0.5, 0.6) is 5.75 Å². The van der Waals surface area contributed by atoms with Crippen LogP contribution in [0.2, 0.25) is 0 Å². The fraction of sp³-hybridized carbons (Fsp3) is 0.250. The predicted octanol–water partition coefficient (Wildman–Crippen LogP) is 5.64. The third kappa shape index (κ3) is 2.84. The summed E-state index contributed by atoms with van der Waals surface area (Å²) in [6, 6.07) is 11.3. The van der Waals surface area contributed by atoms with Crippen molar-refractivity contribution in [3.05, 3.63) is 53.1 Å². The summed E-state index contributed by atoms with van der Waals surface area (Å²) >= 11 is 0. The average Bonchev–Trinajstić information content (AvgIpc) is 2.57. The smallest absolute Gasteiger partial charge is 0.419 e. The van der Waals surface area contributed by atoms with Crippen LogP contribution in [0.4, 0.5) is 13.2 Å². The Balaban J connectivity index is 2.41. The number of benzene rings is 3. The lowest BCUT2D eigenvalue weighted by atomic mass is 9.89. The van der Waals surface area contributed by atoms with E-state index >= 15 is 0 Å². The molecular weight excluding hydrogens is 329 g/mol. The van der Waals surface area contributed by atoms with E-state index in [2.05, 4.69) is 0 Å². The summed E-state index contributed by atoms with van der Waals surface area (Å²) in [5, 5.41) is 3.34. The largest absolute Gasteiger partial charge is 0.491 e. The lowest BCUT2D eigenvalue weighted by Crippen LogP contribution is -2.28. The fourth-order valence-corrected chi connectivity index (χ4v) is 3.33. The molecule has 130 valence electrons. The number of fused-ring (bicyclic) bond motifs is 3. The highest BCUT2D eigenvalue weighted by Gasteiger charge is 2.42. The summed E-state index contributed by atoms with van der Waals surface area (Å²) in [4.78, 5) is 11.4. The van der Waals surface area contributed by atoms with E-state index in [-0.39, 0.29) is 5.75 Å². The van der Waals surface area contributed by atoms with Gasteiger partial charge < -0.3 is 4.74 Å². The number of esters is 1. The number of aryl methyl sites for hydroxylation is 3. The molecule has 0 N–H and O–H groups in total. The van der Waals surface area contributed by atoms with Gasteiger partial charge in [0, 0.05) is 5.39 Å². The molecule has 0 heterocycles. The van der Waals surface area contributed by atoms with E-state index in [4.69, 9.17) is 4.74 Å². The standard InChI is InChI=1S/C20H17F3O2/c1-4-13-12(3)14-7-5-6-8-15(14)16-10-9-11(2)18(17(13)16)25-19(24)20(21,22)23/h5-10H,4H2,1-3H3. The second kappa shape index (κ2) is 6.06. The number of ether oxygens (including phenoxy) is 1.